The number of nitrogens with one attached hydrogen (secondary N) is 1. The van der Waals surface area contributed by atoms with Crippen molar-refractivity contribution in [2.24, 2.45) is 11.7 Å². The zero-order valence-corrected chi connectivity index (χ0v) is 14.0. The molecule has 0 bridgehead atoms. The van der Waals surface area contributed by atoms with E-state index in [1.54, 1.807) is 18.2 Å². The first kappa shape index (κ1) is 18.1. The first-order chi connectivity index (χ1) is 9.95. The molecule has 1 aromatic rings. The Bertz CT molecular complexity index is 513. The van der Waals surface area contributed by atoms with Crippen molar-refractivity contribution in [3.63, 3.8) is 0 Å². The van der Waals surface area contributed by atoms with Crippen LogP contribution < -0.4 is 10.5 Å². The molecule has 0 aliphatic carbocycles. The van der Waals surface area contributed by atoms with Crippen molar-refractivity contribution in [3.05, 3.63) is 29.8 Å². The highest BCUT2D eigenvalue weighted by atomic mass is 32.2. The van der Waals surface area contributed by atoms with E-state index in [1.807, 2.05) is 6.07 Å². The lowest BCUT2D eigenvalue weighted by Crippen LogP contribution is -2.25. The third-order valence-electron chi connectivity index (χ3n) is 3.44. The van der Waals surface area contributed by atoms with Gasteiger partial charge in [0.15, 0.2) is 0 Å². The lowest BCUT2D eigenvalue weighted by atomic mass is 10.0. The fourth-order valence-corrected chi connectivity index (χ4v) is 3.30. The van der Waals surface area contributed by atoms with Crippen molar-refractivity contribution in [1.82, 2.24) is 4.72 Å². The Labute approximate surface area is 129 Å². The molecule has 0 aliphatic heterocycles. The third-order valence-corrected chi connectivity index (χ3v) is 4.90. The molecule has 0 unspecified atom stereocenters. The molecular weight excluding hydrogens is 284 g/mol. The van der Waals surface area contributed by atoms with E-state index in [0.29, 0.717) is 18.0 Å². The molecule has 0 atom stereocenters. The second-order valence-electron chi connectivity index (χ2n) is 5.85. The molecule has 0 saturated heterocycles. The minimum absolute atomic E-state index is 0.297. The summed E-state index contributed by atoms with van der Waals surface area (Å²) < 4.78 is 26.9. The van der Waals surface area contributed by atoms with Gasteiger partial charge in [0.25, 0.3) is 0 Å². The van der Waals surface area contributed by atoms with Gasteiger partial charge < -0.3 is 5.73 Å². The molecule has 0 saturated carbocycles. The van der Waals surface area contributed by atoms with Gasteiger partial charge in [0, 0.05) is 13.1 Å². The van der Waals surface area contributed by atoms with Gasteiger partial charge in [0.05, 0.1) is 4.90 Å². The van der Waals surface area contributed by atoms with Crippen LogP contribution in [0.2, 0.25) is 0 Å². The molecule has 0 aromatic heterocycles. The van der Waals surface area contributed by atoms with E-state index in [1.165, 1.54) is 19.3 Å². The number of sulfonamides is 1. The van der Waals surface area contributed by atoms with Gasteiger partial charge in [0.1, 0.15) is 0 Å². The SMILES string of the molecule is CC(C)CCCCCCNS(=O)(=O)c1cccc(CN)c1. The summed E-state index contributed by atoms with van der Waals surface area (Å²) in [6.45, 7) is 5.29. The Morgan fingerprint density at radius 1 is 1.14 bits per heavy atom. The quantitative estimate of drug-likeness (QED) is 0.652. The van der Waals surface area contributed by atoms with Gasteiger partial charge in [-0.25, -0.2) is 13.1 Å². The molecule has 21 heavy (non-hydrogen) atoms. The van der Waals surface area contributed by atoms with Gasteiger partial charge in [-0.15, -0.1) is 0 Å². The third kappa shape index (κ3) is 7.07. The number of unbranched alkanes of at least 4 members (excludes halogenated alkanes) is 3. The standard InChI is InChI=1S/C16H28N2O2S/c1-14(2)8-5-3-4-6-11-18-21(19,20)16-10-7-9-15(12-16)13-17/h7,9-10,12,14,18H,3-6,8,11,13,17H2,1-2H3. The van der Waals surface area contributed by atoms with Crippen LogP contribution in [0.5, 0.6) is 0 Å². The van der Waals surface area contributed by atoms with Gasteiger partial charge in [-0.3, -0.25) is 0 Å². The van der Waals surface area contributed by atoms with Crippen LogP contribution in [0.25, 0.3) is 0 Å². The maximum atomic E-state index is 12.1. The van der Waals surface area contributed by atoms with Gasteiger partial charge in [-0.1, -0.05) is 51.7 Å². The smallest absolute Gasteiger partial charge is 0.240 e. The second kappa shape index (κ2) is 9.18. The Balaban J connectivity index is 2.33. The van der Waals surface area contributed by atoms with Crippen LogP contribution in [0.15, 0.2) is 29.2 Å². The van der Waals surface area contributed by atoms with Crippen LogP contribution in [-0.2, 0) is 16.6 Å². The maximum absolute atomic E-state index is 12.1. The summed E-state index contributed by atoms with van der Waals surface area (Å²) in [6, 6.07) is 6.78. The zero-order chi connectivity index (χ0) is 15.7. The number of hydrogen-bond acceptors (Lipinski definition) is 3. The highest BCUT2D eigenvalue weighted by Gasteiger charge is 2.13. The van der Waals surface area contributed by atoms with Crippen LogP contribution in [0.4, 0.5) is 0 Å². The topological polar surface area (TPSA) is 72.2 Å². The zero-order valence-electron chi connectivity index (χ0n) is 13.1. The highest BCUT2D eigenvalue weighted by Crippen LogP contribution is 2.12. The molecule has 0 radical (unpaired) electrons. The summed E-state index contributed by atoms with van der Waals surface area (Å²) in [5.74, 6) is 0.748. The normalized spacial score (nSPS) is 12.0. The molecular formula is C16H28N2O2S. The predicted molar refractivity (Wildman–Crippen MR) is 87.4 cm³/mol. The van der Waals surface area contributed by atoms with E-state index >= 15 is 0 Å². The number of rotatable bonds is 10. The number of nitrogens with two attached hydrogens (primary N) is 1. The van der Waals surface area contributed by atoms with Crippen LogP contribution in [0.3, 0.4) is 0 Å². The van der Waals surface area contributed by atoms with E-state index in [4.69, 9.17) is 5.73 Å². The average molecular weight is 312 g/mol. The number of benzene rings is 1. The van der Waals surface area contributed by atoms with Crippen molar-refractivity contribution >= 4 is 10.0 Å². The molecule has 0 amide bonds. The molecule has 0 aliphatic rings. The van der Waals surface area contributed by atoms with Gasteiger partial charge in [0.2, 0.25) is 10.0 Å². The molecule has 0 heterocycles. The second-order valence-corrected chi connectivity index (χ2v) is 7.61. The molecule has 0 spiro atoms. The van der Waals surface area contributed by atoms with Crippen LogP contribution in [-0.4, -0.2) is 15.0 Å². The van der Waals surface area contributed by atoms with E-state index < -0.39 is 10.0 Å². The van der Waals surface area contributed by atoms with Crippen molar-refractivity contribution in [2.75, 3.05) is 6.54 Å². The Hall–Kier alpha value is -0.910. The summed E-state index contributed by atoms with van der Waals surface area (Å²) in [5.41, 5.74) is 6.36. The minimum atomic E-state index is -3.40. The Morgan fingerprint density at radius 3 is 2.52 bits per heavy atom. The number of hydrogen-bond donors (Lipinski definition) is 2. The molecule has 1 rings (SSSR count). The van der Waals surface area contributed by atoms with Gasteiger partial charge >= 0.3 is 0 Å². The Kier molecular flexibility index (Phi) is 7.93. The van der Waals surface area contributed by atoms with Crippen molar-refractivity contribution in [2.45, 2.75) is 57.4 Å². The lowest BCUT2D eigenvalue weighted by Gasteiger charge is -2.08. The summed E-state index contributed by atoms with van der Waals surface area (Å²) >= 11 is 0. The van der Waals surface area contributed by atoms with Crippen molar-refractivity contribution in [1.29, 1.82) is 0 Å². The lowest BCUT2D eigenvalue weighted by molar-refractivity contribution is 0.517. The monoisotopic (exact) mass is 312 g/mol. The first-order valence-corrected chi connectivity index (χ1v) is 9.22. The average Bonchev–Trinajstić information content (AvgIpc) is 2.46. The van der Waals surface area contributed by atoms with E-state index in [2.05, 4.69) is 18.6 Å². The fraction of sp³-hybridized carbons (Fsp3) is 0.625. The predicted octanol–water partition coefficient (Wildman–Crippen LogP) is 3.03. The highest BCUT2D eigenvalue weighted by molar-refractivity contribution is 7.89. The Morgan fingerprint density at radius 2 is 1.86 bits per heavy atom. The molecule has 4 nitrogen and oxygen atoms in total. The molecule has 3 N–H and O–H groups in total. The van der Waals surface area contributed by atoms with Gasteiger partial charge in [-0.05, 0) is 30.0 Å². The molecule has 5 heteroatoms. The van der Waals surface area contributed by atoms with Crippen molar-refractivity contribution < 1.29 is 8.42 Å². The molecule has 1 aromatic carbocycles. The van der Waals surface area contributed by atoms with E-state index in [9.17, 15) is 8.42 Å². The molecule has 120 valence electrons. The summed E-state index contributed by atoms with van der Waals surface area (Å²) in [4.78, 5) is 0.297. The molecule has 0 fully saturated rings. The van der Waals surface area contributed by atoms with E-state index in [-0.39, 0.29) is 0 Å². The largest absolute Gasteiger partial charge is 0.326 e. The van der Waals surface area contributed by atoms with E-state index in [0.717, 1.165) is 24.3 Å². The minimum Gasteiger partial charge on any atom is -0.326 e. The fourth-order valence-electron chi connectivity index (χ4n) is 2.16. The first-order valence-electron chi connectivity index (χ1n) is 7.74. The van der Waals surface area contributed by atoms with Gasteiger partial charge in [-0.2, -0.15) is 0 Å². The summed E-state index contributed by atoms with van der Waals surface area (Å²) in [7, 11) is -3.40. The summed E-state index contributed by atoms with van der Waals surface area (Å²) in [5, 5.41) is 0. The van der Waals surface area contributed by atoms with Crippen LogP contribution in [0.1, 0.15) is 51.5 Å². The van der Waals surface area contributed by atoms with Crippen molar-refractivity contribution in [3.8, 4) is 0 Å². The van der Waals surface area contributed by atoms with Crippen LogP contribution >= 0.6 is 0 Å². The maximum Gasteiger partial charge on any atom is 0.240 e. The summed E-state index contributed by atoms with van der Waals surface area (Å²) in [6.07, 6.45) is 5.59. The van der Waals surface area contributed by atoms with Crippen LogP contribution in [0, 0.1) is 5.92 Å².